The second-order valence-electron chi connectivity index (χ2n) is 7.23. The molecule has 1 aliphatic heterocycles. The lowest BCUT2D eigenvalue weighted by Crippen LogP contribution is -2.38. The maximum Gasteiger partial charge on any atom is 0.341 e. The number of carbonyl (C=O) groups excluding carboxylic acids is 2. The minimum atomic E-state index is -1.58. The monoisotopic (exact) mass is 405 g/mol. The summed E-state index contributed by atoms with van der Waals surface area (Å²) < 4.78 is 25.6. The summed E-state index contributed by atoms with van der Waals surface area (Å²) >= 11 is 0. The molecule has 5 nitrogen and oxygen atoms in total. The molecule has 0 aromatic heterocycles. The van der Waals surface area contributed by atoms with E-state index in [0.717, 1.165) is 11.1 Å². The van der Waals surface area contributed by atoms with Crippen LogP contribution in [0.15, 0.2) is 60.7 Å². The van der Waals surface area contributed by atoms with Crippen molar-refractivity contribution in [2.45, 2.75) is 19.6 Å². The Morgan fingerprint density at radius 1 is 1.03 bits per heavy atom. The Balaban J connectivity index is 1.92. The standard InChI is InChI=1S/C24H20FNO4/c1-14-10-11-17(12-15(14)2)24(21-19(23(28)30-24)8-5-9-20(21)25)26-18-7-4-6-16(13-18)22(27)29-3/h4-13,26H,1-3H3. The fraction of sp³-hybridized carbons (Fsp3) is 0.167. The average molecular weight is 405 g/mol. The number of methoxy groups -OCH3 is 1. The molecular formula is C24H20FNO4. The maximum absolute atomic E-state index is 15.0. The Morgan fingerprint density at radius 3 is 2.53 bits per heavy atom. The first-order valence-corrected chi connectivity index (χ1v) is 9.42. The van der Waals surface area contributed by atoms with E-state index in [9.17, 15) is 9.59 Å². The Hall–Kier alpha value is -3.67. The SMILES string of the molecule is COC(=O)c1cccc(NC2(c3ccc(C)c(C)c3)OC(=O)c3cccc(F)c32)c1. The topological polar surface area (TPSA) is 64.6 Å². The van der Waals surface area contributed by atoms with Crippen LogP contribution in [0.3, 0.4) is 0 Å². The lowest BCUT2D eigenvalue weighted by molar-refractivity contribution is 0.0205. The quantitative estimate of drug-likeness (QED) is 0.637. The van der Waals surface area contributed by atoms with Crippen molar-refractivity contribution in [1.29, 1.82) is 0 Å². The minimum Gasteiger partial charge on any atom is -0.465 e. The largest absolute Gasteiger partial charge is 0.465 e. The summed E-state index contributed by atoms with van der Waals surface area (Å²) in [5.41, 5.74) is 2.08. The molecule has 4 rings (SSSR count). The first-order chi connectivity index (χ1) is 14.4. The maximum atomic E-state index is 15.0. The molecule has 0 bridgehead atoms. The van der Waals surface area contributed by atoms with Gasteiger partial charge in [0.1, 0.15) is 5.82 Å². The Morgan fingerprint density at radius 2 is 1.80 bits per heavy atom. The van der Waals surface area contributed by atoms with E-state index in [1.807, 2.05) is 26.0 Å². The molecule has 1 atom stereocenters. The number of hydrogen-bond acceptors (Lipinski definition) is 5. The molecule has 0 radical (unpaired) electrons. The number of benzene rings is 3. The van der Waals surface area contributed by atoms with Crippen LogP contribution in [-0.4, -0.2) is 19.0 Å². The number of nitrogens with one attached hydrogen (secondary N) is 1. The van der Waals surface area contributed by atoms with Crippen molar-refractivity contribution in [3.8, 4) is 0 Å². The van der Waals surface area contributed by atoms with Crippen molar-refractivity contribution < 1.29 is 23.5 Å². The highest BCUT2D eigenvalue weighted by atomic mass is 19.1. The highest BCUT2D eigenvalue weighted by Gasteiger charge is 2.49. The van der Waals surface area contributed by atoms with Gasteiger partial charge in [0.05, 0.1) is 23.8 Å². The van der Waals surface area contributed by atoms with Crippen LogP contribution in [0, 0.1) is 19.7 Å². The summed E-state index contributed by atoms with van der Waals surface area (Å²) in [4.78, 5) is 24.6. The number of hydrogen-bond donors (Lipinski definition) is 1. The highest BCUT2D eigenvalue weighted by molar-refractivity contribution is 5.96. The zero-order chi connectivity index (χ0) is 21.5. The summed E-state index contributed by atoms with van der Waals surface area (Å²) in [6.07, 6.45) is 0. The van der Waals surface area contributed by atoms with Gasteiger partial charge in [0.15, 0.2) is 0 Å². The number of aryl methyl sites for hydroxylation is 2. The van der Waals surface area contributed by atoms with Gasteiger partial charge in [-0.25, -0.2) is 14.0 Å². The number of halogens is 1. The zero-order valence-corrected chi connectivity index (χ0v) is 16.8. The number of anilines is 1. The number of rotatable bonds is 4. The second kappa shape index (κ2) is 7.30. The predicted molar refractivity (Wildman–Crippen MR) is 110 cm³/mol. The Kier molecular flexibility index (Phi) is 4.78. The fourth-order valence-electron chi connectivity index (χ4n) is 3.67. The average Bonchev–Trinajstić information content (AvgIpc) is 3.03. The van der Waals surface area contributed by atoms with Gasteiger partial charge >= 0.3 is 11.9 Å². The normalized spacial score (nSPS) is 17.3. The van der Waals surface area contributed by atoms with Crippen LogP contribution in [0.1, 0.15) is 43.0 Å². The molecule has 1 N–H and O–H groups in total. The summed E-state index contributed by atoms with van der Waals surface area (Å²) in [6.45, 7) is 3.90. The molecule has 1 unspecified atom stereocenters. The lowest BCUT2D eigenvalue weighted by Gasteiger charge is -2.32. The number of cyclic esters (lactones) is 1. The van der Waals surface area contributed by atoms with E-state index in [0.29, 0.717) is 16.8 Å². The van der Waals surface area contributed by atoms with Crippen LogP contribution < -0.4 is 5.32 Å². The highest BCUT2D eigenvalue weighted by Crippen LogP contribution is 2.44. The van der Waals surface area contributed by atoms with Crippen molar-refractivity contribution >= 4 is 17.6 Å². The van der Waals surface area contributed by atoms with Crippen LogP contribution in [0.25, 0.3) is 0 Å². The van der Waals surface area contributed by atoms with E-state index >= 15 is 4.39 Å². The first-order valence-electron chi connectivity index (χ1n) is 9.42. The number of fused-ring (bicyclic) bond motifs is 1. The second-order valence-corrected chi connectivity index (χ2v) is 7.23. The molecule has 152 valence electrons. The predicted octanol–water partition coefficient (Wildman–Crippen LogP) is 4.71. The molecular weight excluding hydrogens is 385 g/mol. The molecule has 6 heteroatoms. The van der Waals surface area contributed by atoms with E-state index in [4.69, 9.17) is 9.47 Å². The van der Waals surface area contributed by atoms with Crippen molar-refractivity contribution in [3.63, 3.8) is 0 Å². The van der Waals surface area contributed by atoms with Crippen molar-refractivity contribution in [3.05, 3.63) is 99.9 Å². The Labute approximate surface area is 173 Å². The third-order valence-corrected chi connectivity index (χ3v) is 5.35. The third-order valence-electron chi connectivity index (χ3n) is 5.35. The molecule has 0 saturated heterocycles. The van der Waals surface area contributed by atoms with Crippen LogP contribution in [0.5, 0.6) is 0 Å². The van der Waals surface area contributed by atoms with Gasteiger partial charge in [-0.2, -0.15) is 0 Å². The molecule has 0 amide bonds. The molecule has 3 aromatic carbocycles. The van der Waals surface area contributed by atoms with Gasteiger partial charge in [-0.05, 0) is 61.4 Å². The molecule has 0 saturated carbocycles. The van der Waals surface area contributed by atoms with Gasteiger partial charge in [0, 0.05) is 11.3 Å². The Bertz CT molecular complexity index is 1170. The van der Waals surface area contributed by atoms with E-state index in [2.05, 4.69) is 5.32 Å². The lowest BCUT2D eigenvalue weighted by atomic mass is 9.90. The third kappa shape index (κ3) is 3.10. The van der Waals surface area contributed by atoms with Gasteiger partial charge in [0.2, 0.25) is 5.72 Å². The van der Waals surface area contributed by atoms with E-state index in [-0.39, 0.29) is 11.1 Å². The van der Waals surface area contributed by atoms with E-state index in [1.54, 1.807) is 30.3 Å². The number of ether oxygens (including phenoxy) is 2. The van der Waals surface area contributed by atoms with E-state index in [1.165, 1.54) is 25.3 Å². The molecule has 30 heavy (non-hydrogen) atoms. The molecule has 3 aromatic rings. The fourth-order valence-corrected chi connectivity index (χ4v) is 3.67. The van der Waals surface area contributed by atoms with Gasteiger partial charge < -0.3 is 14.8 Å². The smallest absolute Gasteiger partial charge is 0.341 e. The van der Waals surface area contributed by atoms with Gasteiger partial charge in [0.25, 0.3) is 0 Å². The molecule has 0 spiro atoms. The van der Waals surface area contributed by atoms with Gasteiger partial charge in [-0.1, -0.05) is 24.3 Å². The summed E-state index contributed by atoms with van der Waals surface area (Å²) in [6, 6.07) is 16.4. The summed E-state index contributed by atoms with van der Waals surface area (Å²) in [5.74, 6) is -1.69. The van der Waals surface area contributed by atoms with Gasteiger partial charge in [-0.3, -0.25) is 0 Å². The van der Waals surface area contributed by atoms with Gasteiger partial charge in [-0.15, -0.1) is 0 Å². The van der Waals surface area contributed by atoms with Crippen LogP contribution in [0.4, 0.5) is 10.1 Å². The summed E-state index contributed by atoms with van der Waals surface area (Å²) in [7, 11) is 1.30. The van der Waals surface area contributed by atoms with Crippen molar-refractivity contribution in [2.75, 3.05) is 12.4 Å². The van der Waals surface area contributed by atoms with Crippen molar-refractivity contribution in [2.24, 2.45) is 0 Å². The summed E-state index contributed by atoms with van der Waals surface area (Å²) in [5, 5.41) is 3.17. The number of esters is 2. The van der Waals surface area contributed by atoms with Crippen LogP contribution in [-0.2, 0) is 15.2 Å². The molecule has 1 aliphatic rings. The number of carbonyl (C=O) groups is 2. The molecule has 0 aliphatic carbocycles. The van der Waals surface area contributed by atoms with Crippen LogP contribution in [0.2, 0.25) is 0 Å². The zero-order valence-electron chi connectivity index (χ0n) is 16.8. The molecule has 0 fully saturated rings. The first kappa shape index (κ1) is 19.6. The minimum absolute atomic E-state index is 0.113. The van der Waals surface area contributed by atoms with E-state index < -0.39 is 23.5 Å². The van der Waals surface area contributed by atoms with Crippen LogP contribution >= 0.6 is 0 Å². The van der Waals surface area contributed by atoms with Crippen molar-refractivity contribution in [1.82, 2.24) is 0 Å². The molecule has 1 heterocycles.